The number of hydrogen-bond donors (Lipinski definition) is 0. The van der Waals surface area contributed by atoms with Crippen molar-refractivity contribution in [2.75, 3.05) is 19.3 Å². The van der Waals surface area contributed by atoms with Crippen molar-refractivity contribution in [1.82, 2.24) is 9.88 Å². The maximum atomic E-state index is 12.1. The lowest BCUT2D eigenvalue weighted by atomic mass is 9.88. The Kier molecular flexibility index (Phi) is 6.23. The molecule has 3 heterocycles. The van der Waals surface area contributed by atoms with Gasteiger partial charge in [-0.3, -0.25) is 0 Å². The molecular weight excluding hydrogens is 396 g/mol. The van der Waals surface area contributed by atoms with Crippen molar-refractivity contribution in [3.05, 3.63) is 41.6 Å². The SMILES string of the molecule is CSc1ccc(-c2ccc3c(c2)CC(C2CCN(C(=O)OC(C)C)CC2)O3)c(C)n1. The van der Waals surface area contributed by atoms with Crippen LogP contribution in [0.4, 0.5) is 4.79 Å². The topological polar surface area (TPSA) is 51.7 Å². The van der Waals surface area contributed by atoms with Crippen LogP contribution >= 0.6 is 11.8 Å². The molecule has 5 nitrogen and oxygen atoms in total. The molecule has 0 aliphatic carbocycles. The van der Waals surface area contributed by atoms with Crippen LogP contribution in [-0.4, -0.2) is 47.5 Å². The summed E-state index contributed by atoms with van der Waals surface area (Å²) < 4.78 is 11.6. The van der Waals surface area contributed by atoms with Gasteiger partial charge < -0.3 is 14.4 Å². The van der Waals surface area contributed by atoms with E-state index in [4.69, 9.17) is 9.47 Å². The van der Waals surface area contributed by atoms with Crippen molar-refractivity contribution in [1.29, 1.82) is 0 Å². The molecule has 0 saturated carbocycles. The molecule has 30 heavy (non-hydrogen) atoms. The first-order valence-corrected chi connectivity index (χ1v) is 11.9. The molecule has 160 valence electrons. The summed E-state index contributed by atoms with van der Waals surface area (Å²) in [5.41, 5.74) is 4.70. The van der Waals surface area contributed by atoms with E-state index in [1.807, 2.05) is 25.0 Å². The highest BCUT2D eigenvalue weighted by atomic mass is 32.2. The molecule has 1 fully saturated rings. The van der Waals surface area contributed by atoms with Crippen molar-refractivity contribution < 1.29 is 14.3 Å². The van der Waals surface area contributed by atoms with E-state index in [2.05, 4.69) is 42.2 Å². The molecular formula is C24H30N2O3S. The van der Waals surface area contributed by atoms with Gasteiger partial charge in [-0.1, -0.05) is 6.07 Å². The number of hydrogen-bond acceptors (Lipinski definition) is 5. The number of nitrogens with zero attached hydrogens (tertiary/aromatic N) is 2. The molecule has 6 heteroatoms. The van der Waals surface area contributed by atoms with Gasteiger partial charge in [0, 0.05) is 30.8 Å². The van der Waals surface area contributed by atoms with Crippen molar-refractivity contribution in [2.45, 2.75) is 57.3 Å². The number of carbonyl (C=O) groups is 1. The van der Waals surface area contributed by atoms with Gasteiger partial charge in [-0.15, -0.1) is 11.8 Å². The maximum absolute atomic E-state index is 12.1. The molecule has 1 unspecified atom stereocenters. The highest BCUT2D eigenvalue weighted by Crippen LogP contribution is 2.38. The van der Waals surface area contributed by atoms with Crippen LogP contribution in [0, 0.1) is 12.8 Å². The van der Waals surface area contributed by atoms with E-state index in [1.54, 1.807) is 11.8 Å². The zero-order valence-electron chi connectivity index (χ0n) is 18.2. The number of pyridine rings is 1. The summed E-state index contributed by atoms with van der Waals surface area (Å²) in [6.07, 6.45) is 4.81. The van der Waals surface area contributed by atoms with E-state index in [9.17, 15) is 4.79 Å². The minimum Gasteiger partial charge on any atom is -0.490 e. The Balaban J connectivity index is 1.40. The van der Waals surface area contributed by atoms with Crippen LogP contribution in [0.2, 0.25) is 0 Å². The first-order chi connectivity index (χ1) is 14.4. The van der Waals surface area contributed by atoms with Gasteiger partial charge in [0.05, 0.1) is 11.1 Å². The fraction of sp³-hybridized carbons (Fsp3) is 0.500. The Hall–Kier alpha value is -2.21. The highest BCUT2D eigenvalue weighted by Gasteiger charge is 2.34. The van der Waals surface area contributed by atoms with Crippen LogP contribution in [-0.2, 0) is 11.2 Å². The third kappa shape index (κ3) is 4.43. The lowest BCUT2D eigenvalue weighted by Crippen LogP contribution is -2.43. The summed E-state index contributed by atoms with van der Waals surface area (Å²) in [5.74, 6) is 1.46. The molecule has 2 aliphatic heterocycles. The number of carbonyl (C=O) groups excluding carboxylic acids is 1. The summed E-state index contributed by atoms with van der Waals surface area (Å²) in [6.45, 7) is 7.32. The number of amides is 1. The first-order valence-electron chi connectivity index (χ1n) is 10.7. The number of fused-ring (bicyclic) bond motifs is 1. The Bertz CT molecular complexity index is 923. The monoisotopic (exact) mass is 426 g/mol. The minimum atomic E-state index is -0.194. The van der Waals surface area contributed by atoms with E-state index in [1.165, 1.54) is 16.7 Å². The fourth-order valence-electron chi connectivity index (χ4n) is 4.39. The average molecular weight is 427 g/mol. The van der Waals surface area contributed by atoms with E-state index >= 15 is 0 Å². The molecule has 2 aliphatic rings. The van der Waals surface area contributed by atoms with Crippen LogP contribution in [0.3, 0.4) is 0 Å². The number of rotatable bonds is 4. The smallest absolute Gasteiger partial charge is 0.410 e. The second kappa shape index (κ2) is 8.88. The molecule has 1 aromatic carbocycles. The zero-order valence-corrected chi connectivity index (χ0v) is 19.0. The van der Waals surface area contributed by atoms with Crippen LogP contribution in [0.1, 0.15) is 37.9 Å². The lowest BCUT2D eigenvalue weighted by molar-refractivity contribution is 0.0503. The van der Waals surface area contributed by atoms with Gasteiger partial charge in [0.25, 0.3) is 0 Å². The van der Waals surface area contributed by atoms with Crippen molar-refractivity contribution >= 4 is 17.9 Å². The molecule has 1 saturated heterocycles. The van der Waals surface area contributed by atoms with Gasteiger partial charge in [0.1, 0.15) is 11.9 Å². The predicted octanol–water partition coefficient (Wildman–Crippen LogP) is 5.34. The van der Waals surface area contributed by atoms with E-state index < -0.39 is 0 Å². The number of benzene rings is 1. The van der Waals surface area contributed by atoms with E-state index in [0.717, 1.165) is 48.8 Å². The van der Waals surface area contributed by atoms with Crippen LogP contribution in [0.5, 0.6) is 5.75 Å². The third-order valence-corrected chi connectivity index (χ3v) is 6.65. The Morgan fingerprint density at radius 3 is 2.67 bits per heavy atom. The lowest BCUT2D eigenvalue weighted by Gasteiger charge is -2.34. The molecule has 1 aromatic heterocycles. The number of aryl methyl sites for hydroxylation is 1. The van der Waals surface area contributed by atoms with Gasteiger partial charge in [-0.2, -0.15) is 0 Å². The summed E-state index contributed by atoms with van der Waals surface area (Å²) in [5, 5.41) is 1.05. The van der Waals surface area contributed by atoms with Gasteiger partial charge in [-0.25, -0.2) is 9.78 Å². The molecule has 1 amide bonds. The molecule has 1 atom stereocenters. The minimum absolute atomic E-state index is 0.0761. The second-order valence-electron chi connectivity index (χ2n) is 8.43. The molecule has 4 rings (SSSR count). The zero-order chi connectivity index (χ0) is 21.3. The predicted molar refractivity (Wildman–Crippen MR) is 120 cm³/mol. The molecule has 0 bridgehead atoms. The Labute approximate surface area is 183 Å². The number of likely N-dealkylation sites (tertiary alicyclic amines) is 1. The second-order valence-corrected chi connectivity index (χ2v) is 9.25. The van der Waals surface area contributed by atoms with E-state index in [0.29, 0.717) is 5.92 Å². The average Bonchev–Trinajstić information content (AvgIpc) is 3.16. The Morgan fingerprint density at radius 1 is 1.23 bits per heavy atom. The summed E-state index contributed by atoms with van der Waals surface area (Å²) in [7, 11) is 0. The number of piperidine rings is 1. The molecule has 2 aromatic rings. The number of aromatic nitrogens is 1. The fourth-order valence-corrected chi connectivity index (χ4v) is 4.82. The highest BCUT2D eigenvalue weighted by molar-refractivity contribution is 7.98. The summed E-state index contributed by atoms with van der Waals surface area (Å²) in [6, 6.07) is 10.7. The number of ether oxygens (including phenoxy) is 2. The van der Waals surface area contributed by atoms with Gasteiger partial charge in [0.15, 0.2) is 0 Å². The first kappa shape index (κ1) is 21.0. The van der Waals surface area contributed by atoms with Crippen LogP contribution in [0.15, 0.2) is 35.4 Å². The molecule has 0 N–H and O–H groups in total. The summed E-state index contributed by atoms with van der Waals surface area (Å²) in [4.78, 5) is 18.6. The van der Waals surface area contributed by atoms with Gasteiger partial charge in [0.2, 0.25) is 0 Å². The summed E-state index contributed by atoms with van der Waals surface area (Å²) >= 11 is 1.66. The number of thioether (sulfide) groups is 1. The van der Waals surface area contributed by atoms with E-state index in [-0.39, 0.29) is 18.3 Å². The molecule has 0 spiro atoms. The van der Waals surface area contributed by atoms with Gasteiger partial charge in [-0.05, 0) is 81.2 Å². The molecule has 0 radical (unpaired) electrons. The van der Waals surface area contributed by atoms with Gasteiger partial charge >= 0.3 is 6.09 Å². The van der Waals surface area contributed by atoms with Crippen molar-refractivity contribution in [2.24, 2.45) is 5.92 Å². The van der Waals surface area contributed by atoms with Crippen LogP contribution < -0.4 is 4.74 Å². The quantitative estimate of drug-likeness (QED) is 0.618. The normalized spacial score (nSPS) is 19.0. The Morgan fingerprint density at radius 2 is 2.00 bits per heavy atom. The van der Waals surface area contributed by atoms with Crippen molar-refractivity contribution in [3.63, 3.8) is 0 Å². The third-order valence-electron chi connectivity index (χ3n) is 6.00. The van der Waals surface area contributed by atoms with Crippen LogP contribution in [0.25, 0.3) is 11.1 Å². The standard InChI is InChI=1S/C24H30N2O3S/c1-15(2)28-24(27)26-11-9-17(10-12-26)22-14-19-13-18(5-7-21(19)29-22)20-6-8-23(30-4)25-16(20)3/h5-8,13,15,17,22H,9-12,14H2,1-4H3. The largest absolute Gasteiger partial charge is 0.490 e. The maximum Gasteiger partial charge on any atom is 0.410 e. The van der Waals surface area contributed by atoms with Crippen molar-refractivity contribution in [3.8, 4) is 16.9 Å².